The van der Waals surface area contributed by atoms with Crippen LogP contribution >= 0.6 is 15.6 Å². The summed E-state index contributed by atoms with van der Waals surface area (Å²) in [6.45, 7) is 4.49. The fourth-order valence-electron chi connectivity index (χ4n) is 9.74. The van der Waals surface area contributed by atoms with E-state index < -0.39 is 97.5 Å². The van der Waals surface area contributed by atoms with Crippen molar-refractivity contribution in [1.82, 2.24) is 0 Å². The number of phosphoric ester groups is 2. The maximum Gasteiger partial charge on any atom is 0.472 e. The van der Waals surface area contributed by atoms with Crippen molar-refractivity contribution in [3.8, 4) is 0 Å². The van der Waals surface area contributed by atoms with Gasteiger partial charge in [0.1, 0.15) is 19.3 Å². The Morgan fingerprint density at radius 3 is 0.870 bits per heavy atom. The van der Waals surface area contributed by atoms with Crippen molar-refractivity contribution < 1.29 is 80.2 Å². The van der Waals surface area contributed by atoms with Gasteiger partial charge in [0.15, 0.2) is 12.2 Å². The topological polar surface area (TPSA) is 237 Å². The maximum atomic E-state index is 13.1. The van der Waals surface area contributed by atoms with Gasteiger partial charge in [0.2, 0.25) is 0 Å². The molecule has 0 aliphatic heterocycles. The average molecular weight is 1440 g/mol. The van der Waals surface area contributed by atoms with E-state index in [1.807, 2.05) is 0 Å². The van der Waals surface area contributed by atoms with Crippen LogP contribution in [0.15, 0.2) is 134 Å². The largest absolute Gasteiger partial charge is 0.472 e. The lowest BCUT2D eigenvalue weighted by Gasteiger charge is -2.21. The molecule has 0 fully saturated rings. The average Bonchev–Trinajstić information content (AvgIpc) is 0.953. The highest BCUT2D eigenvalue weighted by Gasteiger charge is 2.30. The molecule has 0 aliphatic rings. The third-order valence-electron chi connectivity index (χ3n) is 15.6. The van der Waals surface area contributed by atoms with Crippen molar-refractivity contribution in [3.63, 3.8) is 0 Å². The summed E-state index contributed by atoms with van der Waals surface area (Å²) >= 11 is 0. The first-order valence-corrected chi connectivity index (χ1v) is 41.4. The van der Waals surface area contributed by atoms with Crippen LogP contribution in [-0.4, -0.2) is 96.7 Å². The molecule has 572 valence electrons. The summed E-state index contributed by atoms with van der Waals surface area (Å²) in [7, 11) is -9.98. The number of carbonyl (C=O) groups excluding carboxylic acids is 4. The zero-order valence-corrected chi connectivity index (χ0v) is 64.1. The minimum absolute atomic E-state index is 0.0726. The highest BCUT2D eigenvalue weighted by molar-refractivity contribution is 7.47. The highest BCUT2D eigenvalue weighted by atomic mass is 31.2. The molecular weight excluding hydrogens is 1310 g/mol. The molecule has 0 aromatic heterocycles. The number of hydrogen-bond acceptors (Lipinski definition) is 15. The van der Waals surface area contributed by atoms with E-state index >= 15 is 0 Å². The maximum absolute atomic E-state index is 13.1. The molecule has 5 unspecified atom stereocenters. The van der Waals surface area contributed by atoms with E-state index in [0.29, 0.717) is 25.7 Å². The molecule has 5 atom stereocenters. The summed E-state index contributed by atoms with van der Waals surface area (Å²) in [4.78, 5) is 72.8. The molecule has 0 spiro atoms. The third kappa shape index (κ3) is 71.6. The number of rotatable bonds is 71. The molecule has 0 saturated carbocycles. The molecule has 0 amide bonds. The molecule has 0 aliphatic carbocycles. The molecule has 19 heteroatoms. The molecule has 0 aromatic rings. The second-order valence-corrected chi connectivity index (χ2v) is 28.1. The van der Waals surface area contributed by atoms with Crippen LogP contribution in [0.5, 0.6) is 0 Å². The zero-order chi connectivity index (χ0) is 73.2. The fraction of sp³-hybridized carbons (Fsp3) is 0.679. The number of esters is 4. The summed E-state index contributed by atoms with van der Waals surface area (Å²) in [5.74, 6) is -2.28. The van der Waals surface area contributed by atoms with Gasteiger partial charge in [-0.15, -0.1) is 0 Å². The van der Waals surface area contributed by atoms with Crippen LogP contribution in [0, 0.1) is 0 Å². The van der Waals surface area contributed by atoms with Crippen molar-refractivity contribution in [3.05, 3.63) is 134 Å². The Morgan fingerprint density at radius 2 is 0.530 bits per heavy atom. The number of ether oxygens (including phenoxy) is 4. The summed E-state index contributed by atoms with van der Waals surface area (Å²) in [5, 5.41) is 10.6. The van der Waals surface area contributed by atoms with E-state index in [2.05, 4.69) is 161 Å². The third-order valence-corrected chi connectivity index (χ3v) is 17.5. The van der Waals surface area contributed by atoms with Crippen LogP contribution in [0.3, 0.4) is 0 Å². The lowest BCUT2D eigenvalue weighted by Crippen LogP contribution is -2.30. The Labute approximate surface area is 605 Å². The summed E-state index contributed by atoms with van der Waals surface area (Å²) in [6, 6.07) is 0. The minimum atomic E-state index is -4.99. The standard InChI is InChI=1S/C81H136O17P2/c1-5-9-13-17-21-25-29-32-35-36-37-38-41-43-47-50-54-58-62-66-79(84)91-71-76(97-80(85)67-63-59-55-51-45-28-24-20-16-12-8-4)73-95-99(87,88)93-69-75(82)70-94-100(89,90)96-74-77(98-81(86)68-64-60-56-52-48-44-40-34-31-27-23-19-15-11-7-3)72-92-78(83)65-61-57-53-49-46-42-39-33-30-26-22-18-14-10-6-2/h9-10,13-14,20-22,24-26,32-35,37-40,43,46-47,49,75-77,82H,5-8,11-12,15-19,23,27-31,36,41-42,44-45,48,50-74H2,1-4H3,(H,87,88)(H,89,90)/b13-9-,14-10-,24-20-,25-21-,26-22-,35-32-,38-37-,39-33-,40-34-,47-43-,49-46-. The number of aliphatic hydroxyl groups is 1. The van der Waals surface area contributed by atoms with Gasteiger partial charge in [-0.2, -0.15) is 0 Å². The van der Waals surface area contributed by atoms with Crippen LogP contribution in [-0.2, 0) is 65.4 Å². The van der Waals surface area contributed by atoms with Gasteiger partial charge >= 0.3 is 39.5 Å². The van der Waals surface area contributed by atoms with E-state index in [1.54, 1.807) is 0 Å². The van der Waals surface area contributed by atoms with Gasteiger partial charge in [0.25, 0.3) is 0 Å². The molecule has 0 heterocycles. The predicted molar refractivity (Wildman–Crippen MR) is 408 cm³/mol. The smallest absolute Gasteiger partial charge is 0.462 e. The monoisotopic (exact) mass is 1440 g/mol. The number of allylic oxidation sites excluding steroid dienone is 22. The van der Waals surface area contributed by atoms with E-state index in [9.17, 15) is 43.2 Å². The highest BCUT2D eigenvalue weighted by Crippen LogP contribution is 2.45. The van der Waals surface area contributed by atoms with E-state index in [0.717, 1.165) is 167 Å². The van der Waals surface area contributed by atoms with Crippen LogP contribution in [0.25, 0.3) is 0 Å². The number of unbranched alkanes of at least 4 members (excludes halogenated alkanes) is 23. The molecule has 0 radical (unpaired) electrons. The molecule has 0 saturated heterocycles. The molecular formula is C81H136O17P2. The molecule has 0 aromatic carbocycles. The van der Waals surface area contributed by atoms with Crippen molar-refractivity contribution in [2.45, 2.75) is 316 Å². The Hall–Kier alpha value is -4.80. The summed E-state index contributed by atoms with van der Waals surface area (Å²) in [5.41, 5.74) is 0. The quantitative estimate of drug-likeness (QED) is 0.0169. The van der Waals surface area contributed by atoms with Crippen molar-refractivity contribution in [1.29, 1.82) is 0 Å². The second-order valence-electron chi connectivity index (χ2n) is 25.2. The van der Waals surface area contributed by atoms with Crippen molar-refractivity contribution in [2.24, 2.45) is 0 Å². The lowest BCUT2D eigenvalue weighted by atomic mass is 10.1. The first-order chi connectivity index (χ1) is 48.7. The van der Waals surface area contributed by atoms with Crippen LogP contribution in [0.4, 0.5) is 0 Å². The molecule has 100 heavy (non-hydrogen) atoms. The first-order valence-electron chi connectivity index (χ1n) is 38.4. The Balaban J connectivity index is 5.39. The van der Waals surface area contributed by atoms with Gasteiger partial charge in [-0.1, -0.05) is 251 Å². The van der Waals surface area contributed by atoms with Gasteiger partial charge in [-0.05, 0) is 154 Å². The SMILES string of the molecule is CC/C=C\C/C=C\C/C=C\C/C=C\C/C=C\CCCCCC(=O)OCC(COP(=O)(O)OCC(O)COP(=O)(O)OCC(COC(=O)CCCC/C=C\C/C=C\C/C=C\C/C=C\CC)OC(=O)CCCCCCC/C=C\CCCCCCCC)OC(=O)CCCCCCC/C=C\CCCC. The van der Waals surface area contributed by atoms with E-state index in [4.69, 9.17) is 37.0 Å². The first kappa shape index (κ1) is 95.2. The van der Waals surface area contributed by atoms with Crippen LogP contribution in [0.2, 0.25) is 0 Å². The zero-order valence-electron chi connectivity index (χ0n) is 62.3. The van der Waals surface area contributed by atoms with Gasteiger partial charge < -0.3 is 33.8 Å². The summed E-state index contributed by atoms with van der Waals surface area (Å²) in [6.07, 6.45) is 80.2. The van der Waals surface area contributed by atoms with Gasteiger partial charge in [0.05, 0.1) is 26.4 Å². The lowest BCUT2D eigenvalue weighted by molar-refractivity contribution is -0.161. The Kier molecular flexibility index (Phi) is 69.1. The molecule has 0 bridgehead atoms. The fourth-order valence-corrected chi connectivity index (χ4v) is 11.3. The van der Waals surface area contributed by atoms with Gasteiger partial charge in [-0.25, -0.2) is 9.13 Å². The normalized spacial score (nSPS) is 14.7. The Bertz CT molecular complexity index is 2420. The molecule has 0 rings (SSSR count). The van der Waals surface area contributed by atoms with Crippen LogP contribution in [0.1, 0.15) is 297 Å². The number of phosphoric acid groups is 2. The Morgan fingerprint density at radius 1 is 0.290 bits per heavy atom. The van der Waals surface area contributed by atoms with E-state index in [-0.39, 0.29) is 25.7 Å². The summed E-state index contributed by atoms with van der Waals surface area (Å²) < 4.78 is 68.4. The van der Waals surface area contributed by atoms with E-state index in [1.165, 1.54) is 51.4 Å². The minimum Gasteiger partial charge on any atom is -0.462 e. The molecule has 3 N–H and O–H groups in total. The number of aliphatic hydroxyl groups excluding tert-OH is 1. The predicted octanol–water partition coefficient (Wildman–Crippen LogP) is 22.1. The number of hydrogen-bond donors (Lipinski definition) is 3. The number of carbonyl (C=O) groups is 4. The molecule has 17 nitrogen and oxygen atoms in total. The van der Waals surface area contributed by atoms with Crippen molar-refractivity contribution in [2.75, 3.05) is 39.6 Å². The second kappa shape index (κ2) is 72.5. The van der Waals surface area contributed by atoms with Crippen molar-refractivity contribution >= 4 is 39.5 Å². The van der Waals surface area contributed by atoms with Crippen LogP contribution < -0.4 is 0 Å². The van der Waals surface area contributed by atoms with Gasteiger partial charge in [-0.3, -0.25) is 37.3 Å². The van der Waals surface area contributed by atoms with Gasteiger partial charge in [0, 0.05) is 25.7 Å².